The smallest absolute Gasteiger partial charge is 0.224 e. The van der Waals surface area contributed by atoms with Crippen LogP contribution in [-0.2, 0) is 11.2 Å². The van der Waals surface area contributed by atoms with E-state index in [4.69, 9.17) is 0 Å². The summed E-state index contributed by atoms with van der Waals surface area (Å²) in [6.45, 7) is 1.55. The van der Waals surface area contributed by atoms with Gasteiger partial charge in [0.25, 0.3) is 0 Å². The van der Waals surface area contributed by atoms with Crippen molar-refractivity contribution in [2.24, 2.45) is 0 Å². The number of nitrogens with one attached hydrogen (secondary N) is 1. The summed E-state index contributed by atoms with van der Waals surface area (Å²) >= 11 is 1.40. The van der Waals surface area contributed by atoms with Gasteiger partial charge in [0.05, 0.1) is 29.2 Å². The second kappa shape index (κ2) is 8.65. The Morgan fingerprint density at radius 3 is 2.79 bits per heavy atom. The van der Waals surface area contributed by atoms with Crippen LogP contribution < -0.4 is 5.32 Å². The van der Waals surface area contributed by atoms with Gasteiger partial charge in [0.15, 0.2) is 5.78 Å². The van der Waals surface area contributed by atoms with Crippen molar-refractivity contribution in [1.29, 1.82) is 0 Å². The molecule has 3 aromatic rings. The number of ketones is 1. The minimum absolute atomic E-state index is 0.0199. The third-order valence-corrected chi connectivity index (χ3v) is 6.36. The fourth-order valence-corrected chi connectivity index (χ4v) is 4.55. The van der Waals surface area contributed by atoms with Gasteiger partial charge in [0.2, 0.25) is 5.91 Å². The van der Waals surface area contributed by atoms with Crippen LogP contribution in [0.25, 0.3) is 11.3 Å². The second-order valence-electron chi connectivity index (χ2n) is 7.43. The van der Waals surface area contributed by atoms with Crippen molar-refractivity contribution >= 4 is 23.0 Å². The van der Waals surface area contributed by atoms with Crippen molar-refractivity contribution in [1.82, 2.24) is 25.1 Å². The number of carbonyl (C=O) groups excluding carboxylic acids is 2. The highest BCUT2D eigenvalue weighted by Crippen LogP contribution is 2.29. The second-order valence-corrected chi connectivity index (χ2v) is 8.34. The van der Waals surface area contributed by atoms with E-state index in [0.29, 0.717) is 17.3 Å². The summed E-state index contributed by atoms with van der Waals surface area (Å²) in [6, 6.07) is 4.23. The highest BCUT2D eigenvalue weighted by molar-refractivity contribution is 7.12. The zero-order valence-electron chi connectivity index (χ0n) is 16.2. The highest BCUT2D eigenvalue weighted by Gasteiger charge is 2.24. The minimum Gasteiger partial charge on any atom is -0.353 e. The van der Waals surface area contributed by atoms with Crippen molar-refractivity contribution in [3.05, 3.63) is 52.9 Å². The predicted octanol–water partition coefficient (Wildman–Crippen LogP) is 3.45. The maximum absolute atomic E-state index is 12.4. The Bertz CT molecular complexity index is 989. The summed E-state index contributed by atoms with van der Waals surface area (Å²) in [5, 5.41) is 9.55. The van der Waals surface area contributed by atoms with Crippen LogP contribution in [0.3, 0.4) is 0 Å². The third-order valence-electron chi connectivity index (χ3n) is 5.28. The molecule has 0 atom stereocenters. The summed E-state index contributed by atoms with van der Waals surface area (Å²) < 4.78 is 2.02. The molecule has 1 N–H and O–H groups in total. The number of Topliss-reactive ketones (excluding diaryl/α,β-unsaturated/α-hetero) is 1. The number of aromatic nitrogens is 4. The van der Waals surface area contributed by atoms with Crippen LogP contribution in [0.4, 0.5) is 0 Å². The maximum Gasteiger partial charge on any atom is 0.224 e. The summed E-state index contributed by atoms with van der Waals surface area (Å²) in [5.41, 5.74) is 2.76. The van der Waals surface area contributed by atoms with E-state index in [1.54, 1.807) is 13.1 Å². The molecule has 1 saturated carbocycles. The summed E-state index contributed by atoms with van der Waals surface area (Å²) in [4.78, 5) is 32.7. The summed E-state index contributed by atoms with van der Waals surface area (Å²) in [5.74, 6) is 0.0629. The topological polar surface area (TPSA) is 89.8 Å². The van der Waals surface area contributed by atoms with Gasteiger partial charge in [-0.15, -0.1) is 11.3 Å². The first-order valence-corrected chi connectivity index (χ1v) is 10.6. The molecule has 3 aromatic heterocycles. The van der Waals surface area contributed by atoms with Crippen molar-refractivity contribution in [3.8, 4) is 11.3 Å². The fourth-order valence-electron chi connectivity index (χ4n) is 3.73. The van der Waals surface area contributed by atoms with Gasteiger partial charge < -0.3 is 5.32 Å². The molecule has 0 saturated heterocycles. The SMILES string of the molecule is CC(=O)c1cc(CC(=O)NC2CCC(n3cc(-c4ccncn4)cn3)CC2)cs1. The molecular weight excluding hydrogens is 386 g/mol. The fraction of sp³-hybridized carbons (Fsp3) is 0.381. The minimum atomic E-state index is 0.0199. The Morgan fingerprint density at radius 1 is 1.28 bits per heavy atom. The van der Waals surface area contributed by atoms with E-state index >= 15 is 0 Å². The first-order valence-electron chi connectivity index (χ1n) is 9.77. The highest BCUT2D eigenvalue weighted by atomic mass is 32.1. The molecule has 1 fully saturated rings. The molecule has 0 radical (unpaired) electrons. The van der Waals surface area contributed by atoms with Crippen molar-refractivity contribution in [3.63, 3.8) is 0 Å². The molecule has 3 heterocycles. The maximum atomic E-state index is 12.4. The average molecular weight is 410 g/mol. The lowest BCUT2D eigenvalue weighted by Gasteiger charge is -2.29. The van der Waals surface area contributed by atoms with Gasteiger partial charge in [-0.2, -0.15) is 5.10 Å². The van der Waals surface area contributed by atoms with E-state index in [-0.39, 0.29) is 17.7 Å². The standard InChI is InChI=1S/C21H23N5O2S/c1-14(27)20-8-15(12-29-20)9-21(28)25-17-2-4-18(5-3-17)26-11-16(10-24-26)19-6-7-22-13-23-19/h6-8,10-13,17-18H,2-5,9H2,1H3,(H,25,28). The zero-order valence-corrected chi connectivity index (χ0v) is 17.1. The molecular formula is C21H23N5O2S. The summed E-state index contributed by atoms with van der Waals surface area (Å²) in [6.07, 6.45) is 11.3. The van der Waals surface area contributed by atoms with Gasteiger partial charge in [-0.3, -0.25) is 14.3 Å². The van der Waals surface area contributed by atoms with Crippen LogP contribution >= 0.6 is 11.3 Å². The first-order chi connectivity index (χ1) is 14.1. The van der Waals surface area contributed by atoms with Crippen LogP contribution in [0.2, 0.25) is 0 Å². The lowest BCUT2D eigenvalue weighted by atomic mass is 9.91. The van der Waals surface area contributed by atoms with Crippen LogP contribution in [0.15, 0.2) is 42.4 Å². The lowest BCUT2D eigenvalue weighted by Crippen LogP contribution is -2.38. The number of amides is 1. The molecule has 29 heavy (non-hydrogen) atoms. The molecule has 0 aliphatic heterocycles. The molecule has 1 aliphatic carbocycles. The van der Waals surface area contributed by atoms with E-state index < -0.39 is 0 Å². The number of carbonyl (C=O) groups is 2. The molecule has 0 bridgehead atoms. The monoisotopic (exact) mass is 409 g/mol. The summed E-state index contributed by atoms with van der Waals surface area (Å²) in [7, 11) is 0. The van der Waals surface area contributed by atoms with E-state index in [1.165, 1.54) is 17.7 Å². The third kappa shape index (κ3) is 4.76. The van der Waals surface area contributed by atoms with Crippen LogP contribution in [0.5, 0.6) is 0 Å². The van der Waals surface area contributed by atoms with E-state index in [2.05, 4.69) is 20.4 Å². The van der Waals surface area contributed by atoms with Crippen LogP contribution in [-0.4, -0.2) is 37.5 Å². The molecule has 0 aromatic carbocycles. The van der Waals surface area contributed by atoms with E-state index in [1.807, 2.05) is 34.6 Å². The van der Waals surface area contributed by atoms with Crippen molar-refractivity contribution < 1.29 is 9.59 Å². The van der Waals surface area contributed by atoms with Gasteiger partial charge >= 0.3 is 0 Å². The molecule has 1 aliphatic rings. The van der Waals surface area contributed by atoms with Crippen molar-refractivity contribution in [2.45, 2.75) is 51.1 Å². The normalized spacial score (nSPS) is 19.1. The van der Waals surface area contributed by atoms with Gasteiger partial charge in [0, 0.05) is 24.0 Å². The largest absolute Gasteiger partial charge is 0.353 e. The predicted molar refractivity (Wildman–Crippen MR) is 111 cm³/mol. The zero-order chi connectivity index (χ0) is 20.2. The van der Waals surface area contributed by atoms with Crippen LogP contribution in [0.1, 0.15) is 53.9 Å². The van der Waals surface area contributed by atoms with E-state index in [9.17, 15) is 9.59 Å². The number of hydrogen-bond donors (Lipinski definition) is 1. The number of thiophene rings is 1. The van der Waals surface area contributed by atoms with E-state index in [0.717, 1.165) is 42.5 Å². The quantitative estimate of drug-likeness (QED) is 0.630. The van der Waals surface area contributed by atoms with Crippen molar-refractivity contribution in [2.75, 3.05) is 0 Å². The van der Waals surface area contributed by atoms with Gasteiger partial charge in [0.1, 0.15) is 6.33 Å². The Morgan fingerprint density at radius 2 is 2.10 bits per heavy atom. The first kappa shape index (κ1) is 19.4. The molecule has 1 amide bonds. The molecule has 4 rings (SSSR count). The Labute approximate surface area is 173 Å². The van der Waals surface area contributed by atoms with Gasteiger partial charge in [-0.05, 0) is 55.7 Å². The van der Waals surface area contributed by atoms with Gasteiger partial charge in [-0.1, -0.05) is 0 Å². The average Bonchev–Trinajstić information content (AvgIpc) is 3.39. The molecule has 8 heteroatoms. The molecule has 0 spiro atoms. The number of rotatable bonds is 6. The molecule has 7 nitrogen and oxygen atoms in total. The van der Waals surface area contributed by atoms with Crippen LogP contribution in [0, 0.1) is 0 Å². The number of hydrogen-bond acceptors (Lipinski definition) is 6. The Balaban J connectivity index is 1.27. The Kier molecular flexibility index (Phi) is 5.80. The van der Waals surface area contributed by atoms with Gasteiger partial charge in [-0.25, -0.2) is 9.97 Å². The molecule has 0 unspecified atom stereocenters. The Hall–Kier alpha value is -2.87. The number of nitrogens with zero attached hydrogens (tertiary/aromatic N) is 4. The molecule has 150 valence electrons. The lowest BCUT2D eigenvalue weighted by molar-refractivity contribution is -0.121.